The highest BCUT2D eigenvalue weighted by Crippen LogP contribution is 2.11. The van der Waals surface area contributed by atoms with E-state index in [1.54, 1.807) is 25.3 Å². The number of pyridine rings is 1. The molecule has 0 aliphatic carbocycles. The van der Waals surface area contributed by atoms with Crippen LogP contribution in [-0.4, -0.2) is 43.2 Å². The molecule has 0 bridgehead atoms. The number of aromatic nitrogens is 1. The van der Waals surface area contributed by atoms with Crippen molar-refractivity contribution in [2.45, 2.75) is 19.4 Å². The molecule has 0 spiro atoms. The molecule has 1 amide bonds. The van der Waals surface area contributed by atoms with Gasteiger partial charge >= 0.3 is 5.97 Å². The minimum absolute atomic E-state index is 0.185. The van der Waals surface area contributed by atoms with Gasteiger partial charge in [-0.3, -0.25) is 4.79 Å². The van der Waals surface area contributed by atoms with E-state index in [0.29, 0.717) is 5.88 Å². The molecule has 3 N–H and O–H groups in total. The Morgan fingerprint density at radius 2 is 2.25 bits per heavy atom. The van der Waals surface area contributed by atoms with Crippen LogP contribution in [0.5, 0.6) is 5.88 Å². The lowest BCUT2D eigenvalue weighted by atomic mass is 10.1. The molecule has 0 radical (unpaired) electrons. The summed E-state index contributed by atoms with van der Waals surface area (Å²) < 4.78 is 9.95. The van der Waals surface area contributed by atoms with E-state index in [1.807, 2.05) is 0 Å². The minimum atomic E-state index is -0.780. The van der Waals surface area contributed by atoms with Crippen LogP contribution in [0, 0.1) is 0 Å². The number of carbonyl (C=O) groups is 2. The number of amides is 1. The maximum atomic E-state index is 11.8. The van der Waals surface area contributed by atoms with E-state index in [1.165, 1.54) is 7.11 Å². The maximum absolute atomic E-state index is 11.8. The van der Waals surface area contributed by atoms with Crippen molar-refractivity contribution in [3.05, 3.63) is 23.9 Å². The molecule has 0 saturated carbocycles. The number of nitrogens with two attached hydrogens (primary N) is 1. The normalized spacial score (nSPS) is 11.6. The molecule has 1 heterocycles. The summed E-state index contributed by atoms with van der Waals surface area (Å²) in [5.74, 6) is -0.468. The first-order valence-electron chi connectivity index (χ1n) is 6.25. The zero-order valence-corrected chi connectivity index (χ0v) is 11.6. The Labute approximate surface area is 117 Å². The molecule has 20 heavy (non-hydrogen) atoms. The fourth-order valence-electron chi connectivity index (χ4n) is 1.61. The number of rotatable bonds is 7. The SMILES string of the molecule is CCOC(=O)[C@H](Cc1ccnc(OC)c1)NC(=O)CN. The number of hydrogen-bond acceptors (Lipinski definition) is 6. The van der Waals surface area contributed by atoms with Crippen LogP contribution in [0.4, 0.5) is 0 Å². The average molecular weight is 281 g/mol. The number of carbonyl (C=O) groups excluding carboxylic acids is 2. The Kier molecular flexibility index (Phi) is 6.45. The molecule has 0 unspecified atom stereocenters. The van der Waals surface area contributed by atoms with Crippen molar-refractivity contribution >= 4 is 11.9 Å². The summed E-state index contributed by atoms with van der Waals surface area (Å²) in [7, 11) is 1.51. The van der Waals surface area contributed by atoms with Crippen molar-refractivity contribution in [2.75, 3.05) is 20.3 Å². The molecule has 0 fully saturated rings. The van der Waals surface area contributed by atoms with E-state index in [2.05, 4.69) is 10.3 Å². The topological polar surface area (TPSA) is 104 Å². The van der Waals surface area contributed by atoms with Crippen LogP contribution in [-0.2, 0) is 20.7 Å². The number of ether oxygens (including phenoxy) is 2. The summed E-state index contributed by atoms with van der Waals surface area (Å²) in [6.07, 6.45) is 1.85. The lowest BCUT2D eigenvalue weighted by molar-refractivity contribution is -0.147. The van der Waals surface area contributed by atoms with E-state index < -0.39 is 17.9 Å². The summed E-state index contributed by atoms with van der Waals surface area (Å²) in [5, 5.41) is 2.54. The first-order chi connectivity index (χ1) is 9.60. The highest BCUT2D eigenvalue weighted by molar-refractivity contribution is 5.85. The van der Waals surface area contributed by atoms with Gasteiger partial charge in [-0.25, -0.2) is 9.78 Å². The van der Waals surface area contributed by atoms with Crippen molar-refractivity contribution in [2.24, 2.45) is 5.73 Å². The second kappa shape index (κ2) is 8.11. The summed E-state index contributed by atoms with van der Waals surface area (Å²) in [6.45, 7) is 1.76. The fraction of sp³-hybridized carbons (Fsp3) is 0.462. The van der Waals surface area contributed by atoms with E-state index in [-0.39, 0.29) is 19.6 Å². The molecule has 7 heteroatoms. The first-order valence-corrected chi connectivity index (χ1v) is 6.25. The third-order valence-electron chi connectivity index (χ3n) is 2.54. The quantitative estimate of drug-likeness (QED) is 0.661. The monoisotopic (exact) mass is 281 g/mol. The number of esters is 1. The largest absolute Gasteiger partial charge is 0.481 e. The summed E-state index contributed by atoms with van der Waals surface area (Å²) in [4.78, 5) is 27.2. The van der Waals surface area contributed by atoms with Crippen LogP contribution in [0.2, 0.25) is 0 Å². The standard InChI is InChI=1S/C13H19N3O4/c1-3-20-13(18)10(16-11(17)8-14)6-9-4-5-15-12(7-9)19-2/h4-5,7,10H,3,6,8,14H2,1-2H3,(H,16,17)/t10-/m0/s1. The molecular formula is C13H19N3O4. The molecule has 7 nitrogen and oxygen atoms in total. The predicted octanol–water partition coefficient (Wildman–Crippen LogP) is -0.361. The van der Waals surface area contributed by atoms with Crippen molar-refractivity contribution in [3.8, 4) is 5.88 Å². The highest BCUT2D eigenvalue weighted by Gasteiger charge is 2.22. The Bertz CT molecular complexity index is 465. The fourth-order valence-corrected chi connectivity index (χ4v) is 1.61. The number of nitrogens with zero attached hydrogens (tertiary/aromatic N) is 1. The van der Waals surface area contributed by atoms with Crippen LogP contribution >= 0.6 is 0 Å². The number of hydrogen-bond donors (Lipinski definition) is 2. The van der Waals surface area contributed by atoms with Gasteiger partial charge in [-0.2, -0.15) is 0 Å². The number of methoxy groups -OCH3 is 1. The minimum Gasteiger partial charge on any atom is -0.481 e. The van der Waals surface area contributed by atoms with Gasteiger partial charge in [0.05, 0.1) is 20.3 Å². The molecule has 0 aliphatic rings. The number of nitrogens with one attached hydrogen (secondary N) is 1. The van der Waals surface area contributed by atoms with Crippen LogP contribution < -0.4 is 15.8 Å². The van der Waals surface area contributed by atoms with Crippen molar-refractivity contribution in [3.63, 3.8) is 0 Å². The van der Waals surface area contributed by atoms with Crippen LogP contribution in [0.1, 0.15) is 12.5 Å². The van der Waals surface area contributed by atoms with Gasteiger partial charge in [0.2, 0.25) is 11.8 Å². The molecule has 0 saturated heterocycles. The van der Waals surface area contributed by atoms with Gasteiger partial charge in [0.1, 0.15) is 6.04 Å². The molecule has 1 aromatic heterocycles. The van der Waals surface area contributed by atoms with Crippen LogP contribution in [0.15, 0.2) is 18.3 Å². The van der Waals surface area contributed by atoms with Gasteiger partial charge in [-0.05, 0) is 18.6 Å². The van der Waals surface area contributed by atoms with Crippen molar-refractivity contribution < 1.29 is 19.1 Å². The molecule has 1 aromatic rings. The second-order valence-electron chi connectivity index (χ2n) is 3.99. The lowest BCUT2D eigenvalue weighted by Gasteiger charge is -2.17. The Morgan fingerprint density at radius 1 is 1.50 bits per heavy atom. The van der Waals surface area contributed by atoms with Gasteiger partial charge < -0.3 is 20.5 Å². The van der Waals surface area contributed by atoms with Gasteiger partial charge in [0.15, 0.2) is 0 Å². The zero-order chi connectivity index (χ0) is 15.0. The van der Waals surface area contributed by atoms with E-state index in [4.69, 9.17) is 15.2 Å². The third-order valence-corrected chi connectivity index (χ3v) is 2.54. The molecule has 110 valence electrons. The Balaban J connectivity index is 2.81. The summed E-state index contributed by atoms with van der Waals surface area (Å²) in [6, 6.07) is 2.66. The lowest BCUT2D eigenvalue weighted by Crippen LogP contribution is -2.45. The summed E-state index contributed by atoms with van der Waals surface area (Å²) in [5.41, 5.74) is 6.04. The first kappa shape index (κ1) is 15.9. The highest BCUT2D eigenvalue weighted by atomic mass is 16.5. The Morgan fingerprint density at radius 3 is 2.85 bits per heavy atom. The van der Waals surface area contributed by atoms with E-state index >= 15 is 0 Å². The smallest absolute Gasteiger partial charge is 0.328 e. The van der Waals surface area contributed by atoms with E-state index in [0.717, 1.165) is 5.56 Å². The maximum Gasteiger partial charge on any atom is 0.328 e. The van der Waals surface area contributed by atoms with Gasteiger partial charge in [0.25, 0.3) is 0 Å². The summed E-state index contributed by atoms with van der Waals surface area (Å²) >= 11 is 0. The molecule has 0 aliphatic heterocycles. The van der Waals surface area contributed by atoms with Crippen LogP contribution in [0.3, 0.4) is 0 Å². The van der Waals surface area contributed by atoms with Crippen molar-refractivity contribution in [1.82, 2.24) is 10.3 Å². The van der Waals surface area contributed by atoms with Gasteiger partial charge in [0, 0.05) is 18.7 Å². The van der Waals surface area contributed by atoms with Gasteiger partial charge in [-0.15, -0.1) is 0 Å². The molecular weight excluding hydrogens is 262 g/mol. The van der Waals surface area contributed by atoms with Gasteiger partial charge in [-0.1, -0.05) is 0 Å². The average Bonchev–Trinajstić information content (AvgIpc) is 2.46. The Hall–Kier alpha value is -2.15. The molecule has 1 rings (SSSR count). The second-order valence-corrected chi connectivity index (χ2v) is 3.99. The molecule has 1 atom stereocenters. The predicted molar refractivity (Wildman–Crippen MR) is 72.1 cm³/mol. The third kappa shape index (κ3) is 4.85. The van der Waals surface area contributed by atoms with Crippen LogP contribution in [0.25, 0.3) is 0 Å². The van der Waals surface area contributed by atoms with Crippen molar-refractivity contribution in [1.29, 1.82) is 0 Å². The zero-order valence-electron chi connectivity index (χ0n) is 11.6. The molecule has 0 aromatic carbocycles. The van der Waals surface area contributed by atoms with E-state index in [9.17, 15) is 9.59 Å².